The van der Waals surface area contributed by atoms with Gasteiger partial charge in [-0.25, -0.2) is 0 Å². The minimum Gasteiger partial charge on any atom is -0.497 e. The molecule has 0 aliphatic carbocycles. The van der Waals surface area contributed by atoms with Crippen LogP contribution in [0.4, 0.5) is 5.00 Å². The standard InChI is InChI=1S/C25H32N4O4S/c1-16-15-20(28-24(31)25(2,3)4)34-21(16)23(30)26-14-8-6-7-9-19-27-22(29-33-19)17-10-12-18(32-5)13-11-17/h10-13,15H,6-9,14H2,1-5H3,(H,26,30)(H,28,31). The summed E-state index contributed by atoms with van der Waals surface area (Å²) in [5.74, 6) is 1.77. The Bertz CT molecular complexity index is 1110. The lowest BCUT2D eigenvalue weighted by molar-refractivity contribution is -0.123. The topological polar surface area (TPSA) is 106 Å². The van der Waals surface area contributed by atoms with Crippen LogP contribution >= 0.6 is 11.3 Å². The van der Waals surface area contributed by atoms with Crippen molar-refractivity contribution < 1.29 is 18.8 Å². The lowest BCUT2D eigenvalue weighted by atomic mass is 9.96. The van der Waals surface area contributed by atoms with Crippen LogP contribution in [0, 0.1) is 12.3 Å². The molecule has 0 spiro atoms. The van der Waals surface area contributed by atoms with E-state index in [1.165, 1.54) is 11.3 Å². The van der Waals surface area contributed by atoms with E-state index in [9.17, 15) is 9.59 Å². The van der Waals surface area contributed by atoms with Gasteiger partial charge in [-0.3, -0.25) is 9.59 Å². The molecule has 2 amide bonds. The summed E-state index contributed by atoms with van der Waals surface area (Å²) in [6.07, 6.45) is 3.36. The number of aromatic nitrogens is 2. The smallest absolute Gasteiger partial charge is 0.261 e. The number of benzene rings is 1. The average molecular weight is 485 g/mol. The molecule has 0 radical (unpaired) electrons. The van der Waals surface area contributed by atoms with E-state index in [-0.39, 0.29) is 11.8 Å². The Morgan fingerprint density at radius 1 is 1.12 bits per heavy atom. The summed E-state index contributed by atoms with van der Waals surface area (Å²) < 4.78 is 10.5. The van der Waals surface area contributed by atoms with Crippen LogP contribution in [0.25, 0.3) is 11.4 Å². The van der Waals surface area contributed by atoms with Crippen LogP contribution in [0.15, 0.2) is 34.9 Å². The van der Waals surface area contributed by atoms with E-state index in [4.69, 9.17) is 9.26 Å². The van der Waals surface area contributed by atoms with Gasteiger partial charge in [0, 0.05) is 23.9 Å². The Hall–Kier alpha value is -3.20. The Morgan fingerprint density at radius 2 is 1.85 bits per heavy atom. The lowest BCUT2D eigenvalue weighted by Crippen LogP contribution is -2.27. The largest absolute Gasteiger partial charge is 0.497 e. The number of carbonyl (C=O) groups is 2. The van der Waals surface area contributed by atoms with E-state index in [2.05, 4.69) is 20.8 Å². The van der Waals surface area contributed by atoms with Crippen molar-refractivity contribution in [3.8, 4) is 17.1 Å². The summed E-state index contributed by atoms with van der Waals surface area (Å²) >= 11 is 1.30. The van der Waals surface area contributed by atoms with Gasteiger partial charge in [0.25, 0.3) is 5.91 Å². The van der Waals surface area contributed by atoms with Crippen molar-refractivity contribution in [1.29, 1.82) is 0 Å². The predicted octanol–water partition coefficient (Wildman–Crippen LogP) is 5.24. The monoisotopic (exact) mass is 484 g/mol. The van der Waals surface area contributed by atoms with E-state index in [0.717, 1.165) is 36.1 Å². The zero-order valence-electron chi connectivity index (χ0n) is 20.4. The van der Waals surface area contributed by atoms with Crippen molar-refractivity contribution in [1.82, 2.24) is 15.5 Å². The Balaban J connectivity index is 1.38. The molecule has 2 heterocycles. The van der Waals surface area contributed by atoms with E-state index < -0.39 is 5.41 Å². The lowest BCUT2D eigenvalue weighted by Gasteiger charge is -2.16. The van der Waals surface area contributed by atoms with Crippen LogP contribution in [0.5, 0.6) is 5.75 Å². The second-order valence-corrected chi connectivity index (χ2v) is 10.2. The summed E-state index contributed by atoms with van der Waals surface area (Å²) in [4.78, 5) is 29.8. The van der Waals surface area contributed by atoms with Crippen LogP contribution in [0.1, 0.15) is 61.2 Å². The average Bonchev–Trinajstić information content (AvgIpc) is 3.42. The number of nitrogens with one attached hydrogen (secondary N) is 2. The Labute approximate surface area is 204 Å². The fourth-order valence-corrected chi connectivity index (χ4v) is 4.13. The number of carbonyl (C=O) groups excluding carboxylic acids is 2. The molecule has 3 rings (SSSR count). The summed E-state index contributed by atoms with van der Waals surface area (Å²) in [6.45, 7) is 8.03. The molecule has 2 aromatic heterocycles. The molecule has 2 N–H and O–H groups in total. The van der Waals surface area contributed by atoms with Crippen LogP contribution < -0.4 is 15.4 Å². The summed E-state index contributed by atoms with van der Waals surface area (Å²) in [7, 11) is 1.63. The molecule has 0 aliphatic rings. The third kappa shape index (κ3) is 6.90. The number of nitrogens with zero attached hydrogens (tertiary/aromatic N) is 2. The highest BCUT2D eigenvalue weighted by molar-refractivity contribution is 7.18. The highest BCUT2D eigenvalue weighted by Gasteiger charge is 2.23. The Kier molecular flexibility index (Phi) is 8.44. The molecule has 0 unspecified atom stereocenters. The molecular formula is C25H32N4O4S. The molecule has 0 saturated carbocycles. The number of unbranched alkanes of at least 4 members (excludes halogenated alkanes) is 2. The molecule has 0 atom stereocenters. The molecule has 3 aromatic rings. The second-order valence-electron chi connectivity index (χ2n) is 9.13. The SMILES string of the molecule is COc1ccc(-c2noc(CCCCCNC(=O)c3sc(NC(=O)C(C)(C)C)cc3C)n2)cc1. The summed E-state index contributed by atoms with van der Waals surface area (Å²) in [5, 5.41) is 10.6. The van der Waals surface area contributed by atoms with Gasteiger partial charge in [-0.15, -0.1) is 11.3 Å². The maximum atomic E-state index is 12.5. The number of hydrogen-bond acceptors (Lipinski definition) is 7. The fourth-order valence-electron chi connectivity index (χ4n) is 3.14. The van der Waals surface area contributed by atoms with Gasteiger partial charge in [-0.2, -0.15) is 4.98 Å². The van der Waals surface area contributed by atoms with Gasteiger partial charge in [0.05, 0.1) is 17.0 Å². The van der Waals surface area contributed by atoms with Crippen LogP contribution in [0.3, 0.4) is 0 Å². The zero-order chi connectivity index (χ0) is 24.7. The molecule has 182 valence electrons. The third-order valence-corrected chi connectivity index (χ3v) is 6.36. The third-order valence-electron chi connectivity index (χ3n) is 5.21. The van der Waals surface area contributed by atoms with E-state index >= 15 is 0 Å². The maximum Gasteiger partial charge on any atom is 0.261 e. The molecule has 0 fully saturated rings. The van der Waals surface area contributed by atoms with Crippen molar-refractivity contribution in [2.24, 2.45) is 5.41 Å². The van der Waals surface area contributed by atoms with Gasteiger partial charge in [0.1, 0.15) is 5.75 Å². The van der Waals surface area contributed by atoms with Crippen molar-refractivity contribution in [3.63, 3.8) is 0 Å². The van der Waals surface area contributed by atoms with Crippen LogP contribution in [-0.2, 0) is 11.2 Å². The highest BCUT2D eigenvalue weighted by Crippen LogP contribution is 2.28. The van der Waals surface area contributed by atoms with E-state index in [0.29, 0.717) is 34.6 Å². The summed E-state index contributed by atoms with van der Waals surface area (Å²) in [5.41, 5.74) is 1.25. The molecule has 0 saturated heterocycles. The minimum atomic E-state index is -0.487. The number of methoxy groups -OCH3 is 1. The molecular weight excluding hydrogens is 452 g/mol. The fraction of sp³-hybridized carbons (Fsp3) is 0.440. The van der Waals surface area contributed by atoms with E-state index in [1.807, 2.05) is 58.0 Å². The van der Waals surface area contributed by atoms with Crippen LogP contribution in [0.2, 0.25) is 0 Å². The number of aryl methyl sites for hydroxylation is 2. The highest BCUT2D eigenvalue weighted by atomic mass is 32.1. The van der Waals surface area contributed by atoms with E-state index in [1.54, 1.807) is 7.11 Å². The van der Waals surface area contributed by atoms with Crippen molar-refractivity contribution in [3.05, 3.63) is 46.7 Å². The predicted molar refractivity (Wildman–Crippen MR) is 133 cm³/mol. The van der Waals surface area contributed by atoms with Gasteiger partial charge in [-0.05, 0) is 55.7 Å². The quantitative estimate of drug-likeness (QED) is 0.381. The number of hydrogen-bond donors (Lipinski definition) is 2. The van der Waals surface area contributed by atoms with Crippen LogP contribution in [-0.4, -0.2) is 35.6 Å². The van der Waals surface area contributed by atoms with Gasteiger partial charge in [0.15, 0.2) is 0 Å². The molecule has 9 heteroatoms. The van der Waals surface area contributed by atoms with Crippen molar-refractivity contribution >= 4 is 28.2 Å². The number of anilines is 1. The number of ether oxygens (including phenoxy) is 1. The molecule has 0 bridgehead atoms. The van der Waals surface area contributed by atoms with Gasteiger partial charge < -0.3 is 19.9 Å². The zero-order valence-corrected chi connectivity index (χ0v) is 21.2. The summed E-state index contributed by atoms with van der Waals surface area (Å²) in [6, 6.07) is 9.35. The van der Waals surface area contributed by atoms with Crippen molar-refractivity contribution in [2.45, 2.75) is 53.4 Å². The molecule has 0 aliphatic heterocycles. The van der Waals surface area contributed by atoms with Gasteiger partial charge in [-0.1, -0.05) is 32.3 Å². The first kappa shape index (κ1) is 25.4. The first-order valence-corrected chi connectivity index (χ1v) is 12.2. The second kappa shape index (κ2) is 11.3. The molecule has 34 heavy (non-hydrogen) atoms. The first-order valence-electron chi connectivity index (χ1n) is 11.3. The molecule has 1 aromatic carbocycles. The molecule has 8 nitrogen and oxygen atoms in total. The first-order chi connectivity index (χ1) is 16.2. The van der Waals surface area contributed by atoms with Crippen molar-refractivity contribution in [2.75, 3.05) is 19.0 Å². The van der Waals surface area contributed by atoms with Gasteiger partial charge in [0.2, 0.25) is 17.6 Å². The normalized spacial score (nSPS) is 11.3. The number of thiophene rings is 1. The minimum absolute atomic E-state index is 0.0712. The number of rotatable bonds is 10. The maximum absolute atomic E-state index is 12.5. The Morgan fingerprint density at radius 3 is 2.53 bits per heavy atom. The van der Waals surface area contributed by atoms with Gasteiger partial charge >= 0.3 is 0 Å². The number of amides is 2.